The molecule has 2 amide bonds. The lowest BCUT2D eigenvalue weighted by Gasteiger charge is -2.37. The molecule has 3 fully saturated rings. The van der Waals surface area contributed by atoms with E-state index in [1.165, 1.54) is 6.08 Å². The van der Waals surface area contributed by atoms with E-state index in [9.17, 15) is 19.5 Å². The van der Waals surface area contributed by atoms with Crippen molar-refractivity contribution in [2.24, 2.45) is 11.8 Å². The first-order valence-corrected chi connectivity index (χ1v) is 14.6. The van der Waals surface area contributed by atoms with Crippen LogP contribution in [-0.4, -0.2) is 71.3 Å². The molecule has 3 aliphatic rings. The highest BCUT2D eigenvalue weighted by Crippen LogP contribution is 2.64. The van der Waals surface area contributed by atoms with Gasteiger partial charge in [0, 0.05) is 25.4 Å². The Morgan fingerprint density at radius 3 is 2.60 bits per heavy atom. The second-order valence-electron chi connectivity index (χ2n) is 11.4. The lowest BCUT2D eigenvalue weighted by molar-refractivity contribution is -0.159. The number of aliphatic hydroxyl groups excluding tert-OH is 1. The number of hydrogen-bond donors (Lipinski definition) is 1. The molecular weight excluding hydrogens is 508 g/mol. The molecule has 1 aromatic rings. The van der Waals surface area contributed by atoms with Crippen molar-refractivity contribution in [2.75, 3.05) is 31.2 Å². The van der Waals surface area contributed by atoms with E-state index < -0.39 is 35.0 Å². The van der Waals surface area contributed by atoms with E-state index in [1.54, 1.807) is 15.9 Å². The first-order valence-electron chi connectivity index (χ1n) is 14.6. The molecule has 8 heteroatoms. The van der Waals surface area contributed by atoms with Gasteiger partial charge in [-0.05, 0) is 63.1 Å². The van der Waals surface area contributed by atoms with Crippen LogP contribution in [0.5, 0.6) is 0 Å². The molecule has 0 radical (unpaired) electrons. The number of anilines is 1. The maximum Gasteiger partial charge on any atom is 0.313 e. The molecule has 1 N–H and O–H groups in total. The van der Waals surface area contributed by atoms with E-state index in [0.717, 1.165) is 29.7 Å². The number of esters is 1. The average molecular weight is 553 g/mol. The summed E-state index contributed by atoms with van der Waals surface area (Å²) in [6, 6.07) is 5.11. The molecule has 8 nitrogen and oxygen atoms in total. The normalized spacial score (nSPS) is 28.4. The number of hydrogen-bond acceptors (Lipinski definition) is 6. The number of rotatable bonds is 14. The number of ether oxygens (including phenoxy) is 2. The van der Waals surface area contributed by atoms with Crippen molar-refractivity contribution in [1.29, 1.82) is 0 Å². The Morgan fingerprint density at radius 2 is 1.93 bits per heavy atom. The van der Waals surface area contributed by atoms with E-state index in [-0.39, 0.29) is 31.6 Å². The summed E-state index contributed by atoms with van der Waals surface area (Å²) in [5.41, 5.74) is 0.800. The van der Waals surface area contributed by atoms with E-state index in [4.69, 9.17) is 9.47 Å². The van der Waals surface area contributed by atoms with Crippen LogP contribution in [0, 0.1) is 25.7 Å². The van der Waals surface area contributed by atoms with Crippen LogP contribution in [0.25, 0.3) is 0 Å². The van der Waals surface area contributed by atoms with E-state index in [1.807, 2.05) is 39.0 Å². The van der Waals surface area contributed by atoms with Gasteiger partial charge in [-0.2, -0.15) is 0 Å². The molecule has 3 saturated heterocycles. The Labute approximate surface area is 238 Å². The lowest BCUT2D eigenvalue weighted by atomic mass is 9.65. The van der Waals surface area contributed by atoms with Crippen LogP contribution in [0.2, 0.25) is 0 Å². The second-order valence-corrected chi connectivity index (χ2v) is 11.4. The Hall–Kier alpha value is -2.97. The number of amides is 2. The predicted octanol–water partition coefficient (Wildman–Crippen LogP) is 4.26. The summed E-state index contributed by atoms with van der Waals surface area (Å²) in [5, 5.41) is 9.18. The first kappa shape index (κ1) is 30.0. The van der Waals surface area contributed by atoms with Crippen molar-refractivity contribution in [1.82, 2.24) is 4.90 Å². The zero-order valence-corrected chi connectivity index (χ0v) is 24.2. The standard InChI is InChI=1S/C32H44N2O6/c1-6-17-33(24-21-22(4)13-14-23(24)5)29(37)27-32-16-15-31(8-3,40-32)26(30(38)39-20-7-2)25(32)28(36)34(27)18-11-9-10-12-19-35/h6-7,13-14,21,25-27,35H,1-2,8-12,15-20H2,3-5H3/t25-,26-,27?,31+,32?/m0/s1. The quantitative estimate of drug-likeness (QED) is 0.211. The third-order valence-electron chi connectivity index (χ3n) is 9.05. The zero-order chi connectivity index (χ0) is 29.1. The summed E-state index contributed by atoms with van der Waals surface area (Å²) in [4.78, 5) is 45.8. The van der Waals surface area contributed by atoms with Gasteiger partial charge in [-0.15, -0.1) is 6.58 Å². The number of likely N-dealkylation sites (tertiary alicyclic amines) is 1. The minimum absolute atomic E-state index is 0.0553. The van der Waals surface area contributed by atoms with Gasteiger partial charge in [0.2, 0.25) is 5.91 Å². The van der Waals surface area contributed by atoms with Crippen molar-refractivity contribution >= 4 is 23.5 Å². The third-order valence-corrected chi connectivity index (χ3v) is 9.05. The van der Waals surface area contributed by atoms with Crippen LogP contribution in [0.4, 0.5) is 5.69 Å². The van der Waals surface area contributed by atoms with Crippen LogP contribution in [0.1, 0.15) is 63.0 Å². The molecule has 3 heterocycles. The highest BCUT2D eigenvalue weighted by Gasteiger charge is 2.79. The Kier molecular flexibility index (Phi) is 9.20. The first-order chi connectivity index (χ1) is 19.2. The maximum atomic E-state index is 14.7. The number of carbonyl (C=O) groups is 3. The molecule has 4 rings (SSSR count). The summed E-state index contributed by atoms with van der Waals surface area (Å²) in [6.45, 7) is 14.3. The third kappa shape index (κ3) is 5.00. The van der Waals surface area contributed by atoms with Crippen molar-refractivity contribution < 1.29 is 29.0 Å². The van der Waals surface area contributed by atoms with Gasteiger partial charge in [0.15, 0.2) is 0 Å². The summed E-state index contributed by atoms with van der Waals surface area (Å²) >= 11 is 0. The van der Waals surface area contributed by atoms with Crippen LogP contribution < -0.4 is 4.90 Å². The van der Waals surface area contributed by atoms with Crippen molar-refractivity contribution in [2.45, 2.75) is 83.0 Å². The van der Waals surface area contributed by atoms with Gasteiger partial charge < -0.3 is 24.4 Å². The molecule has 2 bridgehead atoms. The smallest absolute Gasteiger partial charge is 0.313 e. The van der Waals surface area contributed by atoms with Crippen LogP contribution in [-0.2, 0) is 23.9 Å². The van der Waals surface area contributed by atoms with Gasteiger partial charge in [0.1, 0.15) is 24.2 Å². The van der Waals surface area contributed by atoms with Crippen molar-refractivity contribution in [3.8, 4) is 0 Å². The summed E-state index contributed by atoms with van der Waals surface area (Å²) in [6.07, 6.45) is 7.90. The fourth-order valence-corrected chi connectivity index (χ4v) is 7.17. The van der Waals surface area contributed by atoms with Crippen molar-refractivity contribution in [3.05, 3.63) is 54.6 Å². The molecule has 1 aromatic carbocycles. The zero-order valence-electron chi connectivity index (χ0n) is 24.2. The molecule has 3 aliphatic heterocycles. The average Bonchev–Trinajstić information content (AvgIpc) is 3.55. The van der Waals surface area contributed by atoms with E-state index >= 15 is 0 Å². The number of fused-ring (bicyclic) bond motifs is 1. The molecule has 218 valence electrons. The molecule has 0 saturated carbocycles. The maximum absolute atomic E-state index is 14.7. The lowest BCUT2D eigenvalue weighted by Crippen LogP contribution is -2.56. The van der Waals surface area contributed by atoms with Crippen molar-refractivity contribution in [3.63, 3.8) is 0 Å². The topological polar surface area (TPSA) is 96.4 Å². The summed E-state index contributed by atoms with van der Waals surface area (Å²) in [5.74, 6) is -2.45. The van der Waals surface area contributed by atoms with Gasteiger partial charge in [-0.25, -0.2) is 0 Å². The molecule has 1 spiro atoms. The van der Waals surface area contributed by atoms with Gasteiger partial charge in [-0.3, -0.25) is 14.4 Å². The minimum Gasteiger partial charge on any atom is -0.461 e. The highest BCUT2D eigenvalue weighted by molar-refractivity contribution is 6.05. The van der Waals surface area contributed by atoms with Gasteiger partial charge in [0.05, 0.1) is 11.5 Å². The van der Waals surface area contributed by atoms with Crippen LogP contribution >= 0.6 is 0 Å². The fraction of sp³-hybridized carbons (Fsp3) is 0.594. The number of carbonyl (C=O) groups excluding carboxylic acids is 3. The number of aryl methyl sites for hydroxylation is 2. The monoisotopic (exact) mass is 552 g/mol. The predicted molar refractivity (Wildman–Crippen MR) is 154 cm³/mol. The van der Waals surface area contributed by atoms with Gasteiger partial charge in [-0.1, -0.05) is 50.6 Å². The SMILES string of the molecule is C=CCOC(=O)[C@@H]1[C@H]2C(=O)N(CCCCCCO)C(C(=O)N(CC=C)c3cc(C)ccc3C)C23CC[C@@]1(CC)O3. The number of nitrogens with zero attached hydrogens (tertiary/aromatic N) is 2. The van der Waals surface area contributed by atoms with Gasteiger partial charge >= 0.3 is 5.97 Å². The molecule has 0 aliphatic carbocycles. The fourth-order valence-electron chi connectivity index (χ4n) is 7.17. The van der Waals surface area contributed by atoms with Gasteiger partial charge in [0.25, 0.3) is 5.91 Å². The van der Waals surface area contributed by atoms with E-state index in [0.29, 0.717) is 38.6 Å². The Morgan fingerprint density at radius 1 is 1.18 bits per heavy atom. The molecular formula is C32H44N2O6. The molecule has 5 atom stereocenters. The highest BCUT2D eigenvalue weighted by atomic mass is 16.6. The van der Waals surface area contributed by atoms with Crippen LogP contribution in [0.15, 0.2) is 43.5 Å². The Balaban J connectivity index is 1.78. The molecule has 0 aromatic heterocycles. The Bertz CT molecular complexity index is 1150. The largest absolute Gasteiger partial charge is 0.461 e. The number of aliphatic hydroxyl groups is 1. The molecule has 2 unspecified atom stereocenters. The van der Waals surface area contributed by atoms with Crippen LogP contribution in [0.3, 0.4) is 0 Å². The number of unbranched alkanes of at least 4 members (excludes halogenated alkanes) is 3. The summed E-state index contributed by atoms with van der Waals surface area (Å²) < 4.78 is 12.3. The second kappa shape index (κ2) is 12.3. The molecule has 40 heavy (non-hydrogen) atoms. The minimum atomic E-state index is -1.11. The number of benzene rings is 1. The summed E-state index contributed by atoms with van der Waals surface area (Å²) in [7, 11) is 0. The van der Waals surface area contributed by atoms with E-state index in [2.05, 4.69) is 13.2 Å².